The molecule has 108 valence electrons. The summed E-state index contributed by atoms with van der Waals surface area (Å²) in [5, 5.41) is 9.11. The minimum absolute atomic E-state index is 0.0409. The molecule has 0 fully saturated rings. The number of hydrogen-bond acceptors (Lipinski definition) is 4. The molecule has 1 aromatic carbocycles. The molecule has 0 bridgehead atoms. The molecule has 0 radical (unpaired) electrons. The van der Waals surface area contributed by atoms with E-state index in [0.717, 1.165) is 0 Å². The highest BCUT2D eigenvalue weighted by Crippen LogP contribution is 2.22. The molecular formula is C13H16N2O4S. The average Bonchev–Trinajstić information content (AvgIpc) is 2.61. The molecule has 2 rings (SSSR count). The topological polar surface area (TPSA) is 95.8 Å². The van der Waals surface area contributed by atoms with Crippen molar-refractivity contribution < 1.29 is 18.3 Å². The van der Waals surface area contributed by atoms with Crippen LogP contribution in [0.2, 0.25) is 0 Å². The number of benzene rings is 1. The molecule has 0 spiro atoms. The second-order valence-corrected chi connectivity index (χ2v) is 6.63. The molecule has 7 heteroatoms. The largest absolute Gasteiger partial charge is 0.481 e. The number of sulfonamides is 1. The van der Waals surface area contributed by atoms with Crippen LogP contribution in [0, 0.1) is 11.8 Å². The number of carboxylic acids is 1. The van der Waals surface area contributed by atoms with Crippen molar-refractivity contribution in [2.75, 3.05) is 6.54 Å². The molecule has 0 saturated carbocycles. The van der Waals surface area contributed by atoms with E-state index < -0.39 is 21.9 Å². The lowest BCUT2D eigenvalue weighted by atomic mass is 9.96. The van der Waals surface area contributed by atoms with Gasteiger partial charge in [-0.2, -0.15) is 0 Å². The summed E-state index contributed by atoms with van der Waals surface area (Å²) in [7, 11) is -3.57. The van der Waals surface area contributed by atoms with E-state index in [2.05, 4.69) is 9.71 Å². The van der Waals surface area contributed by atoms with Gasteiger partial charge in [0.25, 0.3) is 10.0 Å². The van der Waals surface area contributed by atoms with Gasteiger partial charge in [-0.25, -0.2) is 8.42 Å². The molecule has 1 aromatic rings. The summed E-state index contributed by atoms with van der Waals surface area (Å²) >= 11 is 0. The van der Waals surface area contributed by atoms with Crippen molar-refractivity contribution >= 4 is 21.8 Å². The van der Waals surface area contributed by atoms with Crippen molar-refractivity contribution in [3.05, 3.63) is 29.8 Å². The molecule has 0 amide bonds. The van der Waals surface area contributed by atoms with Crippen LogP contribution in [0.25, 0.3) is 0 Å². The predicted octanol–water partition coefficient (Wildman–Crippen LogP) is 1.08. The molecule has 0 saturated heterocycles. The lowest BCUT2D eigenvalue weighted by molar-refractivity contribution is -0.142. The Bertz CT molecular complexity index is 665. The van der Waals surface area contributed by atoms with Crippen LogP contribution in [0.1, 0.15) is 19.4 Å². The van der Waals surface area contributed by atoms with Gasteiger partial charge in [-0.3, -0.25) is 14.5 Å². The fourth-order valence-corrected chi connectivity index (χ4v) is 3.27. The van der Waals surface area contributed by atoms with Crippen LogP contribution in [0.3, 0.4) is 0 Å². The Morgan fingerprint density at radius 1 is 1.35 bits per heavy atom. The molecule has 1 unspecified atom stereocenters. The van der Waals surface area contributed by atoms with Crippen LogP contribution in [-0.2, 0) is 14.8 Å². The van der Waals surface area contributed by atoms with Gasteiger partial charge in [0.15, 0.2) is 0 Å². The van der Waals surface area contributed by atoms with Crippen LogP contribution in [0.4, 0.5) is 0 Å². The van der Waals surface area contributed by atoms with E-state index in [1.165, 1.54) is 6.07 Å². The zero-order chi connectivity index (χ0) is 14.9. The number of aliphatic imine (C=N–C) groups is 1. The first-order chi connectivity index (χ1) is 9.33. The number of fused-ring (bicyclic) bond motifs is 1. The third-order valence-electron chi connectivity index (χ3n) is 3.23. The number of hydrogen-bond donors (Lipinski definition) is 2. The first kappa shape index (κ1) is 14.5. The van der Waals surface area contributed by atoms with Gasteiger partial charge in [-0.15, -0.1) is 0 Å². The first-order valence-corrected chi connectivity index (χ1v) is 7.70. The number of nitrogens with one attached hydrogen (secondary N) is 1. The van der Waals surface area contributed by atoms with E-state index >= 15 is 0 Å². The summed E-state index contributed by atoms with van der Waals surface area (Å²) in [5.74, 6) is -1.43. The maximum Gasteiger partial charge on any atom is 0.308 e. The Kier molecular flexibility index (Phi) is 3.80. The summed E-state index contributed by atoms with van der Waals surface area (Å²) < 4.78 is 26.1. The summed E-state index contributed by atoms with van der Waals surface area (Å²) in [4.78, 5) is 15.4. The molecular weight excluding hydrogens is 280 g/mol. The summed E-state index contributed by atoms with van der Waals surface area (Å²) in [5.41, 5.74) is 0.486. The second kappa shape index (κ2) is 5.24. The number of amidine groups is 1. The highest BCUT2D eigenvalue weighted by molar-refractivity contribution is 7.90. The van der Waals surface area contributed by atoms with E-state index in [1.807, 2.05) is 0 Å². The van der Waals surface area contributed by atoms with Crippen molar-refractivity contribution in [3.8, 4) is 0 Å². The lowest BCUT2D eigenvalue weighted by Crippen LogP contribution is -2.26. The van der Waals surface area contributed by atoms with Crippen molar-refractivity contribution in [3.63, 3.8) is 0 Å². The van der Waals surface area contributed by atoms with Crippen LogP contribution in [0.15, 0.2) is 34.2 Å². The van der Waals surface area contributed by atoms with Gasteiger partial charge in [0.2, 0.25) is 0 Å². The van der Waals surface area contributed by atoms with Crippen molar-refractivity contribution in [1.29, 1.82) is 0 Å². The highest BCUT2D eigenvalue weighted by Gasteiger charge is 2.30. The lowest BCUT2D eigenvalue weighted by Gasteiger charge is -2.13. The Labute approximate surface area is 117 Å². The number of rotatable bonds is 4. The van der Waals surface area contributed by atoms with Gasteiger partial charge in [0.1, 0.15) is 5.84 Å². The van der Waals surface area contributed by atoms with Gasteiger partial charge in [0, 0.05) is 5.56 Å². The number of nitrogens with zero attached hydrogens (tertiary/aromatic N) is 1. The zero-order valence-electron chi connectivity index (χ0n) is 11.2. The smallest absolute Gasteiger partial charge is 0.308 e. The predicted molar refractivity (Wildman–Crippen MR) is 74.1 cm³/mol. The van der Waals surface area contributed by atoms with Gasteiger partial charge >= 0.3 is 5.97 Å². The minimum Gasteiger partial charge on any atom is -0.481 e. The van der Waals surface area contributed by atoms with Crippen LogP contribution >= 0.6 is 0 Å². The molecule has 1 heterocycles. The third-order valence-corrected chi connectivity index (χ3v) is 4.63. The monoisotopic (exact) mass is 296 g/mol. The molecule has 0 aromatic heterocycles. The Balaban J connectivity index is 2.32. The van der Waals surface area contributed by atoms with E-state index in [4.69, 9.17) is 5.11 Å². The number of carboxylic acid groups (broad SMARTS) is 1. The zero-order valence-corrected chi connectivity index (χ0v) is 12.0. The highest BCUT2D eigenvalue weighted by atomic mass is 32.2. The molecule has 2 N–H and O–H groups in total. The van der Waals surface area contributed by atoms with Crippen molar-refractivity contribution in [1.82, 2.24) is 4.72 Å². The molecule has 20 heavy (non-hydrogen) atoms. The van der Waals surface area contributed by atoms with Crippen molar-refractivity contribution in [2.45, 2.75) is 18.7 Å². The van der Waals surface area contributed by atoms with E-state index in [0.29, 0.717) is 5.56 Å². The third kappa shape index (κ3) is 2.67. The second-order valence-electron chi connectivity index (χ2n) is 4.98. The Hall–Kier alpha value is -1.89. The maximum atomic E-state index is 11.9. The molecule has 1 atom stereocenters. The summed E-state index contributed by atoms with van der Waals surface area (Å²) in [6.07, 6.45) is 0. The van der Waals surface area contributed by atoms with Gasteiger partial charge in [-0.05, 0) is 18.1 Å². The number of carbonyl (C=O) groups is 1. The SMILES string of the molecule is CC(C)C(CN=C1NS(=O)(=O)c2ccccc21)C(=O)O. The van der Waals surface area contributed by atoms with Gasteiger partial charge in [0.05, 0.1) is 17.4 Å². The average molecular weight is 296 g/mol. The Morgan fingerprint density at radius 3 is 2.60 bits per heavy atom. The van der Waals surface area contributed by atoms with Crippen LogP contribution in [0.5, 0.6) is 0 Å². The molecule has 1 aliphatic rings. The summed E-state index contributed by atoms with van der Waals surface area (Å²) in [6.45, 7) is 3.64. The summed E-state index contributed by atoms with van der Waals surface area (Å²) in [6, 6.07) is 6.50. The standard InChI is InChI=1S/C13H16N2O4S/c1-8(2)10(13(16)17)7-14-12-9-5-3-4-6-11(9)20(18,19)15-12/h3-6,8,10H,7H2,1-2H3,(H,14,15)(H,16,17). The fraction of sp³-hybridized carbons (Fsp3) is 0.385. The molecule has 1 aliphatic heterocycles. The van der Waals surface area contributed by atoms with E-state index in [9.17, 15) is 13.2 Å². The van der Waals surface area contributed by atoms with E-state index in [1.54, 1.807) is 32.0 Å². The molecule has 0 aliphatic carbocycles. The number of aliphatic carboxylic acids is 1. The fourth-order valence-electron chi connectivity index (χ4n) is 2.01. The van der Waals surface area contributed by atoms with Gasteiger partial charge < -0.3 is 5.11 Å². The quantitative estimate of drug-likeness (QED) is 0.869. The molecule has 6 nitrogen and oxygen atoms in total. The maximum absolute atomic E-state index is 11.9. The Morgan fingerprint density at radius 2 is 2.00 bits per heavy atom. The van der Waals surface area contributed by atoms with E-state index in [-0.39, 0.29) is 23.2 Å². The first-order valence-electron chi connectivity index (χ1n) is 6.22. The van der Waals surface area contributed by atoms with Crippen LogP contribution < -0.4 is 4.72 Å². The van der Waals surface area contributed by atoms with Crippen molar-refractivity contribution in [2.24, 2.45) is 16.8 Å². The van der Waals surface area contributed by atoms with Crippen LogP contribution in [-0.4, -0.2) is 31.9 Å². The van der Waals surface area contributed by atoms with Gasteiger partial charge in [-0.1, -0.05) is 26.0 Å². The normalized spacial score (nSPS) is 19.6. The minimum atomic E-state index is -3.57.